The summed E-state index contributed by atoms with van der Waals surface area (Å²) in [6, 6.07) is 12.2. The lowest BCUT2D eigenvalue weighted by Crippen LogP contribution is -2.00. The highest BCUT2D eigenvalue weighted by Crippen LogP contribution is 2.29. The van der Waals surface area contributed by atoms with Crippen LogP contribution in [-0.2, 0) is 0 Å². The summed E-state index contributed by atoms with van der Waals surface area (Å²) in [6.07, 6.45) is 4.78. The maximum Gasteiger partial charge on any atom is 0.214 e. The Labute approximate surface area is 148 Å². The molecule has 1 N–H and O–H groups in total. The topological polar surface area (TPSA) is 72.8 Å². The van der Waals surface area contributed by atoms with Crippen LogP contribution in [0.5, 0.6) is 5.75 Å². The summed E-state index contributed by atoms with van der Waals surface area (Å²) in [7, 11) is 1.59. The molecule has 0 aliphatic heterocycles. The average Bonchev–Trinajstić information content (AvgIpc) is 2.68. The molecule has 0 unspecified atom stereocenters. The van der Waals surface area contributed by atoms with Crippen LogP contribution in [0.1, 0.15) is 0 Å². The van der Waals surface area contributed by atoms with E-state index in [2.05, 4.69) is 25.3 Å². The quantitative estimate of drug-likeness (QED) is 0.563. The van der Waals surface area contributed by atoms with Crippen molar-refractivity contribution in [1.82, 2.24) is 19.9 Å². The standard InChI is InChI=1S/C19H14FN5O/c1-26-14-4-5-16-15(10-14)19(23-13-6-8-22-17(20)9-13)25-18(24-16)12-3-2-7-21-11-12/h2-11H,1H3,(H,22,23,24,25). The van der Waals surface area contributed by atoms with E-state index in [1.165, 1.54) is 12.3 Å². The summed E-state index contributed by atoms with van der Waals surface area (Å²) in [6.45, 7) is 0. The number of hydrogen-bond donors (Lipinski definition) is 1. The van der Waals surface area contributed by atoms with Gasteiger partial charge in [-0.2, -0.15) is 4.39 Å². The second-order valence-electron chi connectivity index (χ2n) is 5.51. The molecular formula is C19H14FN5O. The van der Waals surface area contributed by atoms with Gasteiger partial charge >= 0.3 is 0 Å². The first kappa shape index (κ1) is 15.9. The number of fused-ring (bicyclic) bond motifs is 1. The smallest absolute Gasteiger partial charge is 0.214 e. The molecule has 4 aromatic rings. The van der Waals surface area contributed by atoms with Gasteiger partial charge in [-0.25, -0.2) is 15.0 Å². The van der Waals surface area contributed by atoms with Crippen molar-refractivity contribution in [3.8, 4) is 17.1 Å². The van der Waals surface area contributed by atoms with Crippen molar-refractivity contribution in [1.29, 1.82) is 0 Å². The van der Waals surface area contributed by atoms with E-state index in [1.54, 1.807) is 25.6 Å². The molecule has 0 fully saturated rings. The van der Waals surface area contributed by atoms with Gasteiger partial charge in [0.15, 0.2) is 5.82 Å². The van der Waals surface area contributed by atoms with Crippen molar-refractivity contribution in [3.63, 3.8) is 0 Å². The van der Waals surface area contributed by atoms with Crippen LogP contribution in [0.15, 0.2) is 61.1 Å². The molecule has 0 amide bonds. The Bertz CT molecular complexity index is 1070. The highest BCUT2D eigenvalue weighted by molar-refractivity contribution is 5.93. The van der Waals surface area contributed by atoms with E-state index in [1.807, 2.05) is 30.3 Å². The van der Waals surface area contributed by atoms with E-state index < -0.39 is 5.95 Å². The summed E-state index contributed by atoms with van der Waals surface area (Å²) in [5, 5.41) is 3.90. The van der Waals surface area contributed by atoms with Crippen LogP contribution >= 0.6 is 0 Å². The third-order valence-corrected chi connectivity index (χ3v) is 3.81. The van der Waals surface area contributed by atoms with Gasteiger partial charge < -0.3 is 10.1 Å². The highest BCUT2D eigenvalue weighted by atomic mass is 19.1. The molecule has 0 radical (unpaired) electrons. The van der Waals surface area contributed by atoms with Crippen molar-refractivity contribution < 1.29 is 9.13 Å². The Morgan fingerprint density at radius 2 is 1.96 bits per heavy atom. The summed E-state index contributed by atoms with van der Waals surface area (Å²) < 4.78 is 18.7. The molecule has 6 nitrogen and oxygen atoms in total. The van der Waals surface area contributed by atoms with Crippen molar-refractivity contribution >= 4 is 22.4 Å². The molecule has 26 heavy (non-hydrogen) atoms. The fourth-order valence-electron chi connectivity index (χ4n) is 2.57. The minimum atomic E-state index is -0.571. The predicted molar refractivity (Wildman–Crippen MR) is 96.8 cm³/mol. The van der Waals surface area contributed by atoms with Crippen LogP contribution in [0.4, 0.5) is 15.9 Å². The number of methoxy groups -OCH3 is 1. The first-order valence-electron chi connectivity index (χ1n) is 7.88. The number of pyridine rings is 2. The molecular weight excluding hydrogens is 333 g/mol. The Kier molecular flexibility index (Phi) is 4.10. The molecule has 4 rings (SSSR count). The van der Waals surface area contributed by atoms with Crippen LogP contribution in [0.3, 0.4) is 0 Å². The fourth-order valence-corrected chi connectivity index (χ4v) is 2.57. The van der Waals surface area contributed by atoms with Gasteiger partial charge in [0.2, 0.25) is 5.95 Å². The Hall–Kier alpha value is -3.61. The monoisotopic (exact) mass is 347 g/mol. The number of ether oxygens (including phenoxy) is 1. The Morgan fingerprint density at radius 1 is 1.04 bits per heavy atom. The fraction of sp³-hybridized carbons (Fsp3) is 0.0526. The lowest BCUT2D eigenvalue weighted by Gasteiger charge is -2.12. The average molecular weight is 347 g/mol. The van der Waals surface area contributed by atoms with E-state index in [4.69, 9.17) is 4.74 Å². The maximum absolute atomic E-state index is 13.4. The van der Waals surface area contributed by atoms with Crippen molar-refractivity contribution in [3.05, 3.63) is 67.0 Å². The minimum Gasteiger partial charge on any atom is -0.497 e. The molecule has 0 saturated carbocycles. The van der Waals surface area contributed by atoms with E-state index in [-0.39, 0.29) is 0 Å². The number of anilines is 2. The molecule has 128 valence electrons. The molecule has 1 aromatic carbocycles. The normalized spacial score (nSPS) is 10.7. The largest absolute Gasteiger partial charge is 0.497 e. The van der Waals surface area contributed by atoms with Crippen LogP contribution < -0.4 is 10.1 Å². The van der Waals surface area contributed by atoms with Crippen LogP contribution in [0, 0.1) is 5.95 Å². The summed E-state index contributed by atoms with van der Waals surface area (Å²) in [5.74, 6) is 1.17. The second kappa shape index (κ2) is 6.72. The molecule has 0 bridgehead atoms. The molecule has 0 saturated heterocycles. The van der Waals surface area contributed by atoms with Crippen molar-refractivity contribution in [2.24, 2.45) is 0 Å². The first-order chi connectivity index (χ1) is 12.7. The van der Waals surface area contributed by atoms with Gasteiger partial charge in [0.05, 0.1) is 12.6 Å². The van der Waals surface area contributed by atoms with Gasteiger partial charge in [-0.15, -0.1) is 0 Å². The molecule has 0 aliphatic carbocycles. The number of aromatic nitrogens is 4. The maximum atomic E-state index is 13.4. The van der Waals surface area contributed by atoms with Crippen LogP contribution in [0.25, 0.3) is 22.3 Å². The second-order valence-corrected chi connectivity index (χ2v) is 5.51. The third-order valence-electron chi connectivity index (χ3n) is 3.81. The third kappa shape index (κ3) is 3.14. The molecule has 0 spiro atoms. The minimum absolute atomic E-state index is 0.521. The molecule has 7 heteroatoms. The lowest BCUT2D eigenvalue weighted by molar-refractivity contribution is 0.415. The van der Waals surface area contributed by atoms with Crippen LogP contribution in [-0.4, -0.2) is 27.0 Å². The number of nitrogens with zero attached hydrogens (tertiary/aromatic N) is 4. The molecule has 0 atom stereocenters. The number of nitrogens with one attached hydrogen (secondary N) is 1. The Balaban J connectivity index is 1.89. The van der Waals surface area contributed by atoms with E-state index in [9.17, 15) is 4.39 Å². The highest BCUT2D eigenvalue weighted by Gasteiger charge is 2.11. The zero-order valence-electron chi connectivity index (χ0n) is 13.8. The Morgan fingerprint density at radius 3 is 2.73 bits per heavy atom. The molecule has 3 heterocycles. The van der Waals surface area contributed by atoms with Crippen molar-refractivity contribution in [2.45, 2.75) is 0 Å². The summed E-state index contributed by atoms with van der Waals surface area (Å²) in [4.78, 5) is 16.9. The van der Waals surface area contributed by atoms with E-state index >= 15 is 0 Å². The zero-order valence-corrected chi connectivity index (χ0v) is 13.8. The van der Waals surface area contributed by atoms with Gasteiger partial charge in [-0.3, -0.25) is 4.98 Å². The SMILES string of the molecule is COc1ccc2nc(-c3cccnc3)nc(Nc3ccnc(F)c3)c2c1. The van der Waals surface area contributed by atoms with Gasteiger partial charge in [0.25, 0.3) is 0 Å². The van der Waals surface area contributed by atoms with Gasteiger partial charge in [0, 0.05) is 41.3 Å². The summed E-state index contributed by atoms with van der Waals surface area (Å²) in [5.41, 5.74) is 2.06. The number of hydrogen-bond acceptors (Lipinski definition) is 6. The number of halogens is 1. The lowest BCUT2D eigenvalue weighted by atomic mass is 10.2. The van der Waals surface area contributed by atoms with E-state index in [0.29, 0.717) is 23.1 Å². The van der Waals surface area contributed by atoms with Gasteiger partial charge in [0.1, 0.15) is 11.6 Å². The first-order valence-corrected chi connectivity index (χ1v) is 7.88. The predicted octanol–water partition coefficient (Wildman–Crippen LogP) is 3.98. The van der Waals surface area contributed by atoms with Crippen molar-refractivity contribution in [2.75, 3.05) is 12.4 Å². The van der Waals surface area contributed by atoms with E-state index in [0.717, 1.165) is 16.5 Å². The van der Waals surface area contributed by atoms with Gasteiger partial charge in [-0.05, 0) is 36.4 Å². The number of benzene rings is 1. The molecule has 3 aromatic heterocycles. The number of rotatable bonds is 4. The molecule has 0 aliphatic rings. The van der Waals surface area contributed by atoms with Crippen LogP contribution in [0.2, 0.25) is 0 Å². The van der Waals surface area contributed by atoms with Gasteiger partial charge in [-0.1, -0.05) is 0 Å². The zero-order chi connectivity index (χ0) is 17.9. The summed E-state index contributed by atoms with van der Waals surface area (Å²) >= 11 is 0.